The van der Waals surface area contributed by atoms with E-state index in [1.807, 2.05) is 0 Å². The van der Waals surface area contributed by atoms with E-state index in [1.165, 1.54) is 51.4 Å². The minimum Gasteiger partial charge on any atom is -0.312 e. The van der Waals surface area contributed by atoms with Crippen LogP contribution in [-0.2, 0) is 12.8 Å². The molecule has 0 radical (unpaired) electrons. The average molecular weight is 277 g/mol. The molecule has 2 heteroatoms. The van der Waals surface area contributed by atoms with Crippen LogP contribution in [0.15, 0.2) is 6.07 Å². The Balaban J connectivity index is 1.75. The van der Waals surface area contributed by atoms with Gasteiger partial charge in [0.2, 0.25) is 0 Å². The lowest BCUT2D eigenvalue weighted by atomic mass is 9.76. The van der Waals surface area contributed by atoms with Crippen molar-refractivity contribution < 1.29 is 0 Å². The van der Waals surface area contributed by atoms with Crippen molar-refractivity contribution in [3.63, 3.8) is 0 Å². The van der Waals surface area contributed by atoms with Crippen LogP contribution in [0.25, 0.3) is 0 Å². The smallest absolute Gasteiger partial charge is 0.0441 e. The van der Waals surface area contributed by atoms with Crippen LogP contribution < -0.4 is 5.32 Å². The maximum absolute atomic E-state index is 3.63. The van der Waals surface area contributed by atoms with Crippen LogP contribution in [0, 0.1) is 11.8 Å². The SMILES string of the molecule is CCC1CCCC(C(NC)c2cc3c(s2)CCC3)C1. The summed E-state index contributed by atoms with van der Waals surface area (Å²) in [5, 5.41) is 3.63. The summed E-state index contributed by atoms with van der Waals surface area (Å²) in [6, 6.07) is 3.13. The van der Waals surface area contributed by atoms with Gasteiger partial charge < -0.3 is 5.32 Å². The minimum atomic E-state index is 0.616. The van der Waals surface area contributed by atoms with Gasteiger partial charge in [-0.05, 0) is 62.6 Å². The van der Waals surface area contributed by atoms with Crippen molar-refractivity contribution in [2.45, 2.75) is 64.3 Å². The zero-order valence-electron chi connectivity index (χ0n) is 12.4. The van der Waals surface area contributed by atoms with Gasteiger partial charge in [-0.3, -0.25) is 0 Å². The predicted octanol–water partition coefficient (Wildman–Crippen LogP) is 4.71. The van der Waals surface area contributed by atoms with E-state index in [-0.39, 0.29) is 0 Å². The summed E-state index contributed by atoms with van der Waals surface area (Å²) in [5.41, 5.74) is 1.66. The molecular weight excluding hydrogens is 250 g/mol. The Hall–Kier alpha value is -0.340. The molecule has 1 aromatic heterocycles. The van der Waals surface area contributed by atoms with Crippen molar-refractivity contribution >= 4 is 11.3 Å². The Bertz CT molecular complexity index is 401. The second-order valence-corrected chi connectivity index (χ2v) is 7.59. The molecule has 1 aromatic rings. The molecule has 3 rings (SSSR count). The molecule has 3 atom stereocenters. The van der Waals surface area contributed by atoms with Gasteiger partial charge in [-0.15, -0.1) is 11.3 Å². The quantitative estimate of drug-likeness (QED) is 0.840. The number of thiophene rings is 1. The molecule has 0 aromatic carbocycles. The normalized spacial score (nSPS) is 28.3. The first-order valence-corrected chi connectivity index (χ1v) is 8.92. The molecule has 106 valence electrons. The average Bonchev–Trinajstić information content (AvgIpc) is 3.01. The zero-order valence-corrected chi connectivity index (χ0v) is 13.2. The van der Waals surface area contributed by atoms with E-state index in [1.54, 1.807) is 15.3 Å². The van der Waals surface area contributed by atoms with Crippen molar-refractivity contribution in [1.82, 2.24) is 5.32 Å². The Morgan fingerprint density at radius 2 is 2.21 bits per heavy atom. The molecule has 0 saturated heterocycles. The van der Waals surface area contributed by atoms with E-state index in [0.29, 0.717) is 6.04 Å². The molecule has 3 unspecified atom stereocenters. The molecule has 0 aliphatic heterocycles. The first kappa shape index (κ1) is 13.6. The van der Waals surface area contributed by atoms with Gasteiger partial charge in [0, 0.05) is 15.8 Å². The van der Waals surface area contributed by atoms with Crippen molar-refractivity contribution in [2.75, 3.05) is 7.05 Å². The number of rotatable bonds is 4. The number of fused-ring (bicyclic) bond motifs is 1. The highest BCUT2D eigenvalue weighted by atomic mass is 32.1. The fourth-order valence-corrected chi connectivity index (χ4v) is 5.58. The fraction of sp³-hybridized carbons (Fsp3) is 0.765. The molecule has 1 saturated carbocycles. The van der Waals surface area contributed by atoms with Gasteiger partial charge in [0.05, 0.1) is 0 Å². The fourth-order valence-electron chi connectivity index (χ4n) is 4.12. The summed E-state index contributed by atoms with van der Waals surface area (Å²) in [7, 11) is 2.16. The van der Waals surface area contributed by atoms with Gasteiger partial charge in [-0.2, -0.15) is 0 Å². The number of aryl methyl sites for hydroxylation is 2. The second kappa shape index (κ2) is 5.97. The number of nitrogens with one attached hydrogen (secondary N) is 1. The summed E-state index contributed by atoms with van der Waals surface area (Å²) < 4.78 is 0. The van der Waals surface area contributed by atoms with Gasteiger partial charge in [-0.25, -0.2) is 0 Å². The van der Waals surface area contributed by atoms with Crippen molar-refractivity contribution in [1.29, 1.82) is 0 Å². The Morgan fingerprint density at radius 3 is 2.95 bits per heavy atom. The van der Waals surface area contributed by atoms with E-state index in [0.717, 1.165) is 11.8 Å². The third kappa shape index (κ3) is 2.75. The van der Waals surface area contributed by atoms with Gasteiger partial charge in [0.25, 0.3) is 0 Å². The topological polar surface area (TPSA) is 12.0 Å². The molecule has 0 amide bonds. The summed E-state index contributed by atoms with van der Waals surface area (Å²) in [6.07, 6.45) is 11.2. The van der Waals surface area contributed by atoms with Gasteiger partial charge >= 0.3 is 0 Å². The van der Waals surface area contributed by atoms with Crippen LogP contribution in [0.5, 0.6) is 0 Å². The van der Waals surface area contributed by atoms with E-state index < -0.39 is 0 Å². The minimum absolute atomic E-state index is 0.616. The number of hydrogen-bond acceptors (Lipinski definition) is 2. The first-order chi connectivity index (χ1) is 9.31. The van der Waals surface area contributed by atoms with Gasteiger partial charge in [0.1, 0.15) is 0 Å². The Labute approximate surface area is 121 Å². The van der Waals surface area contributed by atoms with E-state index in [9.17, 15) is 0 Å². The predicted molar refractivity (Wildman–Crippen MR) is 83.9 cm³/mol. The van der Waals surface area contributed by atoms with Crippen LogP contribution in [0.1, 0.15) is 66.8 Å². The molecule has 1 nitrogen and oxygen atoms in total. The summed E-state index contributed by atoms with van der Waals surface area (Å²) in [6.45, 7) is 2.36. The molecule has 0 bridgehead atoms. The lowest BCUT2D eigenvalue weighted by Crippen LogP contribution is -2.28. The molecular formula is C17H27NS. The Kier molecular flexibility index (Phi) is 4.28. The largest absolute Gasteiger partial charge is 0.312 e. The third-order valence-corrected chi connectivity index (χ3v) is 6.58. The third-order valence-electron chi connectivity index (χ3n) is 5.26. The lowest BCUT2D eigenvalue weighted by molar-refractivity contribution is 0.216. The molecule has 0 spiro atoms. The van der Waals surface area contributed by atoms with Crippen LogP contribution in [0.2, 0.25) is 0 Å². The standard InChI is InChI=1S/C17H27NS/c1-3-12-6-4-8-14(10-12)17(18-2)16-11-13-7-5-9-15(13)19-16/h11-12,14,17-18H,3-10H2,1-2H3. The zero-order chi connectivity index (χ0) is 13.2. The van der Waals surface area contributed by atoms with Gasteiger partial charge in [-0.1, -0.05) is 26.2 Å². The first-order valence-electron chi connectivity index (χ1n) is 8.10. The molecule has 1 fully saturated rings. The lowest BCUT2D eigenvalue weighted by Gasteiger charge is -2.33. The number of hydrogen-bond donors (Lipinski definition) is 1. The molecule has 2 aliphatic rings. The van der Waals surface area contributed by atoms with Gasteiger partial charge in [0.15, 0.2) is 0 Å². The van der Waals surface area contributed by atoms with Crippen LogP contribution in [0.4, 0.5) is 0 Å². The summed E-state index contributed by atoms with van der Waals surface area (Å²) >= 11 is 2.09. The molecule has 1 heterocycles. The molecule has 1 N–H and O–H groups in total. The van der Waals surface area contributed by atoms with Crippen molar-refractivity contribution in [3.8, 4) is 0 Å². The van der Waals surface area contributed by atoms with Crippen molar-refractivity contribution in [2.24, 2.45) is 11.8 Å². The second-order valence-electron chi connectivity index (χ2n) is 6.42. The van der Waals surface area contributed by atoms with Crippen LogP contribution >= 0.6 is 11.3 Å². The molecule has 19 heavy (non-hydrogen) atoms. The summed E-state index contributed by atoms with van der Waals surface area (Å²) in [4.78, 5) is 3.30. The Morgan fingerprint density at radius 1 is 1.32 bits per heavy atom. The van der Waals surface area contributed by atoms with E-state index in [4.69, 9.17) is 0 Å². The highest BCUT2D eigenvalue weighted by Gasteiger charge is 2.30. The van der Waals surface area contributed by atoms with E-state index >= 15 is 0 Å². The highest BCUT2D eigenvalue weighted by Crippen LogP contribution is 2.42. The maximum atomic E-state index is 3.63. The molecule has 2 aliphatic carbocycles. The summed E-state index contributed by atoms with van der Waals surface area (Å²) in [5.74, 6) is 1.84. The van der Waals surface area contributed by atoms with Crippen LogP contribution in [0.3, 0.4) is 0 Å². The van der Waals surface area contributed by atoms with E-state index in [2.05, 4.69) is 36.7 Å². The monoisotopic (exact) mass is 277 g/mol. The van der Waals surface area contributed by atoms with Crippen molar-refractivity contribution in [3.05, 3.63) is 21.4 Å². The van der Waals surface area contributed by atoms with Crippen LogP contribution in [-0.4, -0.2) is 7.05 Å². The highest BCUT2D eigenvalue weighted by molar-refractivity contribution is 7.12. The maximum Gasteiger partial charge on any atom is 0.0441 e.